The molecule has 3 heteroatoms. The van der Waals surface area contributed by atoms with E-state index in [1.54, 1.807) is 0 Å². The van der Waals surface area contributed by atoms with Gasteiger partial charge in [-0.1, -0.05) is 132 Å². The smallest absolute Gasteiger partial charge is 0.154 e. The van der Waals surface area contributed by atoms with E-state index in [1.165, 1.54) is 74.4 Å². The number of nitrogens with zero attached hydrogens (tertiary/aromatic N) is 1. The summed E-state index contributed by atoms with van der Waals surface area (Å²) in [5, 5.41) is 9.50. The molecule has 0 spiro atoms. The van der Waals surface area contributed by atoms with Gasteiger partial charge in [-0.2, -0.15) is 0 Å². The Morgan fingerprint density at radius 2 is 0.911 bits per heavy atom. The van der Waals surface area contributed by atoms with Crippen molar-refractivity contribution in [2.24, 2.45) is 0 Å². The van der Waals surface area contributed by atoms with Crippen LogP contribution < -0.4 is 15.6 Å². The van der Waals surface area contributed by atoms with E-state index in [1.807, 2.05) is 11.3 Å². The Balaban J connectivity index is 1.20. The van der Waals surface area contributed by atoms with Crippen molar-refractivity contribution in [1.29, 1.82) is 0 Å². The molecule has 0 aliphatic rings. The van der Waals surface area contributed by atoms with Crippen LogP contribution in [-0.4, -0.2) is 13.4 Å². The van der Waals surface area contributed by atoms with Crippen LogP contribution in [0.5, 0.6) is 0 Å². The maximum absolute atomic E-state index is 2.48. The first-order valence-corrected chi connectivity index (χ1v) is 17.7. The normalized spacial score (nSPS) is 11.8. The lowest BCUT2D eigenvalue weighted by atomic mass is 10.0. The quantitative estimate of drug-likeness (QED) is 0.136. The summed E-state index contributed by atoms with van der Waals surface area (Å²) in [6.07, 6.45) is 0. The van der Waals surface area contributed by atoms with E-state index in [0.717, 1.165) is 0 Å². The summed E-state index contributed by atoms with van der Waals surface area (Å²) >= 11 is 1.89. The van der Waals surface area contributed by atoms with Crippen molar-refractivity contribution in [1.82, 2.24) is 4.57 Å². The Bertz CT molecular complexity index is 2440. The summed E-state index contributed by atoms with van der Waals surface area (Å²) in [4.78, 5) is 0. The summed E-state index contributed by atoms with van der Waals surface area (Å²) in [6.45, 7) is 0. The van der Waals surface area contributed by atoms with E-state index in [-0.39, 0.29) is 0 Å². The summed E-state index contributed by atoms with van der Waals surface area (Å²) in [5.41, 5.74) is 6.15. The van der Waals surface area contributed by atoms with Gasteiger partial charge < -0.3 is 4.57 Å². The van der Waals surface area contributed by atoms with Gasteiger partial charge in [0.2, 0.25) is 0 Å². The van der Waals surface area contributed by atoms with E-state index < -0.39 is 8.80 Å². The van der Waals surface area contributed by atoms with E-state index in [2.05, 4.69) is 174 Å². The molecule has 211 valence electrons. The topological polar surface area (TPSA) is 4.93 Å². The zero-order valence-corrected chi connectivity index (χ0v) is 26.3. The standard InChI is InChI=1S/C42H28NSSi/c1-4-12-31(13-5-1)43-39-19-11-10-18-35(39)36-26-29(20-23-40(36)43)30-21-24-41-37(27-30)38-28-34(22-25-42(38)44-41)45(32-14-6-2-7-15-32)33-16-8-3-9-17-33/h1-28H. The second-order valence-corrected chi connectivity index (χ2v) is 15.1. The molecule has 0 saturated heterocycles. The van der Waals surface area contributed by atoms with Gasteiger partial charge in [0.1, 0.15) is 0 Å². The molecule has 0 aliphatic heterocycles. The predicted molar refractivity (Wildman–Crippen MR) is 197 cm³/mol. The molecule has 0 unspecified atom stereocenters. The van der Waals surface area contributed by atoms with Crippen LogP contribution in [0.25, 0.3) is 58.8 Å². The minimum absolute atomic E-state index is 1.14. The van der Waals surface area contributed by atoms with Gasteiger partial charge in [0.05, 0.1) is 11.0 Å². The van der Waals surface area contributed by atoms with E-state index in [0.29, 0.717) is 0 Å². The van der Waals surface area contributed by atoms with Crippen LogP contribution in [-0.2, 0) is 0 Å². The van der Waals surface area contributed by atoms with Crippen molar-refractivity contribution >= 4 is 77.7 Å². The Morgan fingerprint density at radius 3 is 1.62 bits per heavy atom. The van der Waals surface area contributed by atoms with Gasteiger partial charge in [0.15, 0.2) is 8.80 Å². The summed E-state index contributed by atoms with van der Waals surface area (Å²) in [6, 6.07) is 62.6. The van der Waals surface area contributed by atoms with Crippen molar-refractivity contribution in [2.75, 3.05) is 0 Å². The highest BCUT2D eigenvalue weighted by Crippen LogP contribution is 2.38. The third kappa shape index (κ3) is 4.43. The second-order valence-electron chi connectivity index (χ2n) is 11.6. The number of aromatic nitrogens is 1. The van der Waals surface area contributed by atoms with Crippen molar-refractivity contribution < 1.29 is 0 Å². The molecular formula is C42H28NSSi. The Labute approximate surface area is 267 Å². The van der Waals surface area contributed by atoms with Crippen LogP contribution in [0.2, 0.25) is 0 Å². The lowest BCUT2D eigenvalue weighted by Gasteiger charge is -2.17. The van der Waals surface area contributed by atoms with Crippen LogP contribution in [0, 0.1) is 0 Å². The zero-order valence-electron chi connectivity index (χ0n) is 24.5. The first-order valence-electron chi connectivity index (χ1n) is 15.4. The fraction of sp³-hybridized carbons (Fsp3) is 0. The van der Waals surface area contributed by atoms with Crippen LogP contribution in [0.1, 0.15) is 0 Å². The largest absolute Gasteiger partial charge is 0.309 e. The Hall–Kier alpha value is -5.22. The Morgan fingerprint density at radius 1 is 0.378 bits per heavy atom. The van der Waals surface area contributed by atoms with Gasteiger partial charge in [0.25, 0.3) is 0 Å². The number of hydrogen-bond donors (Lipinski definition) is 0. The number of benzene rings is 7. The molecular weight excluding hydrogens is 579 g/mol. The molecule has 0 fully saturated rings. The lowest BCUT2D eigenvalue weighted by Crippen LogP contribution is -2.51. The molecule has 45 heavy (non-hydrogen) atoms. The molecule has 2 aromatic heterocycles. The maximum atomic E-state index is 2.48. The van der Waals surface area contributed by atoms with Gasteiger partial charge in [-0.05, 0) is 64.8 Å². The number of fused-ring (bicyclic) bond motifs is 6. The molecule has 0 bridgehead atoms. The number of hydrogen-bond acceptors (Lipinski definition) is 1. The molecule has 0 atom stereocenters. The number of rotatable bonds is 5. The first-order chi connectivity index (χ1) is 22.3. The fourth-order valence-electron chi connectivity index (χ4n) is 6.83. The molecule has 9 rings (SSSR count). The van der Waals surface area contributed by atoms with Crippen molar-refractivity contribution in [3.05, 3.63) is 170 Å². The molecule has 9 aromatic rings. The minimum Gasteiger partial charge on any atom is -0.309 e. The molecule has 7 aromatic carbocycles. The average Bonchev–Trinajstić information content (AvgIpc) is 3.64. The van der Waals surface area contributed by atoms with Crippen LogP contribution >= 0.6 is 11.3 Å². The van der Waals surface area contributed by atoms with Gasteiger partial charge in [-0.3, -0.25) is 0 Å². The molecule has 1 radical (unpaired) electrons. The highest BCUT2D eigenvalue weighted by atomic mass is 32.1. The molecule has 0 saturated carbocycles. The van der Waals surface area contributed by atoms with Crippen molar-refractivity contribution in [2.45, 2.75) is 0 Å². The van der Waals surface area contributed by atoms with Gasteiger partial charge >= 0.3 is 0 Å². The maximum Gasteiger partial charge on any atom is 0.154 e. The molecule has 2 heterocycles. The molecule has 1 nitrogen and oxygen atoms in total. The number of thiophene rings is 1. The minimum atomic E-state index is -1.14. The van der Waals surface area contributed by atoms with Crippen LogP contribution in [0.4, 0.5) is 0 Å². The molecule has 0 aliphatic carbocycles. The monoisotopic (exact) mass is 606 g/mol. The van der Waals surface area contributed by atoms with E-state index >= 15 is 0 Å². The fourth-order valence-corrected chi connectivity index (χ4v) is 10.5. The third-order valence-corrected chi connectivity index (χ3v) is 12.8. The van der Waals surface area contributed by atoms with E-state index in [9.17, 15) is 0 Å². The summed E-state index contributed by atoms with van der Waals surface area (Å²) in [7, 11) is -1.14. The van der Waals surface area contributed by atoms with Gasteiger partial charge in [-0.25, -0.2) is 0 Å². The van der Waals surface area contributed by atoms with Crippen molar-refractivity contribution in [3.8, 4) is 16.8 Å². The highest BCUT2D eigenvalue weighted by Gasteiger charge is 2.21. The highest BCUT2D eigenvalue weighted by molar-refractivity contribution is 7.25. The molecule has 0 N–H and O–H groups in total. The van der Waals surface area contributed by atoms with Gasteiger partial charge in [0, 0.05) is 36.6 Å². The number of para-hydroxylation sites is 2. The predicted octanol–water partition coefficient (Wildman–Crippen LogP) is 9.33. The van der Waals surface area contributed by atoms with Gasteiger partial charge in [-0.15, -0.1) is 11.3 Å². The SMILES string of the molecule is c1ccc(-n2c3ccccc3c3cc(-c4ccc5sc6ccc([Si](c7ccccc7)c7ccccc7)cc6c5c4)ccc32)cc1. The first kappa shape index (κ1) is 26.2. The van der Waals surface area contributed by atoms with Crippen LogP contribution in [0.15, 0.2) is 170 Å². The summed E-state index contributed by atoms with van der Waals surface area (Å²) in [5.74, 6) is 0. The second kappa shape index (κ2) is 10.7. The average molecular weight is 607 g/mol. The lowest BCUT2D eigenvalue weighted by molar-refractivity contribution is 1.18. The van der Waals surface area contributed by atoms with Crippen molar-refractivity contribution in [3.63, 3.8) is 0 Å². The molecule has 0 amide bonds. The zero-order chi connectivity index (χ0) is 29.7. The van der Waals surface area contributed by atoms with Crippen LogP contribution in [0.3, 0.4) is 0 Å². The van der Waals surface area contributed by atoms with E-state index in [4.69, 9.17) is 0 Å². The third-order valence-electron chi connectivity index (χ3n) is 8.90. The summed E-state index contributed by atoms with van der Waals surface area (Å²) < 4.78 is 5.06. The Kier molecular flexibility index (Phi) is 6.25.